The van der Waals surface area contributed by atoms with Gasteiger partial charge in [-0.15, -0.1) is 0 Å². The predicted molar refractivity (Wildman–Crippen MR) is 94.8 cm³/mol. The molecule has 1 heterocycles. The molecular weight excluding hydrogens is 316 g/mol. The van der Waals surface area contributed by atoms with Gasteiger partial charge in [-0.05, 0) is 37.3 Å². The Kier molecular flexibility index (Phi) is 4.75. The minimum absolute atomic E-state index is 0.147. The summed E-state index contributed by atoms with van der Waals surface area (Å²) in [6.45, 7) is 1.95. The van der Waals surface area contributed by atoms with Crippen LogP contribution >= 0.6 is 0 Å². The van der Waals surface area contributed by atoms with E-state index in [1.165, 1.54) is 0 Å². The molecule has 1 aromatic carbocycles. The van der Waals surface area contributed by atoms with Gasteiger partial charge in [-0.3, -0.25) is 9.59 Å². The van der Waals surface area contributed by atoms with Crippen molar-refractivity contribution in [2.45, 2.75) is 38.1 Å². The summed E-state index contributed by atoms with van der Waals surface area (Å²) in [6.07, 6.45) is 3.33. The number of carbonyl (C=O) groups excluding carboxylic acids is 2. The Hall–Kier alpha value is -2.81. The molecular formula is C19H22N4O2. The standard InChI is InChI=1S/C19H22N4O2/c1-13-5-4-8-19(10-13,12-20)23-17(24)11-21-18(25)16-9-14-6-2-3-7-15(14)22-16/h2-3,6-7,9,13,22H,4-5,8,10-11H2,1H3,(H,21,25)(H,23,24)/t13-,19+/m1/s1. The number of nitrogens with one attached hydrogen (secondary N) is 3. The van der Waals surface area contributed by atoms with Gasteiger partial charge in [0.05, 0.1) is 12.6 Å². The summed E-state index contributed by atoms with van der Waals surface area (Å²) in [7, 11) is 0. The highest BCUT2D eigenvalue weighted by molar-refractivity contribution is 5.99. The van der Waals surface area contributed by atoms with Crippen LogP contribution in [0.3, 0.4) is 0 Å². The average molecular weight is 338 g/mol. The first-order valence-electron chi connectivity index (χ1n) is 8.59. The van der Waals surface area contributed by atoms with Crippen molar-refractivity contribution in [1.82, 2.24) is 15.6 Å². The predicted octanol–water partition coefficient (Wildman–Crippen LogP) is 2.49. The molecule has 3 rings (SSSR count). The van der Waals surface area contributed by atoms with Crippen LogP contribution in [0.4, 0.5) is 0 Å². The van der Waals surface area contributed by atoms with E-state index >= 15 is 0 Å². The molecule has 6 heteroatoms. The van der Waals surface area contributed by atoms with E-state index in [1.807, 2.05) is 24.3 Å². The fourth-order valence-corrected chi connectivity index (χ4v) is 3.56. The van der Waals surface area contributed by atoms with Gasteiger partial charge in [-0.2, -0.15) is 5.26 Å². The normalized spacial score (nSPS) is 23.0. The molecule has 25 heavy (non-hydrogen) atoms. The van der Waals surface area contributed by atoms with E-state index in [2.05, 4.69) is 28.6 Å². The Morgan fingerprint density at radius 2 is 2.20 bits per heavy atom. The van der Waals surface area contributed by atoms with Crippen LogP contribution in [0.25, 0.3) is 10.9 Å². The van der Waals surface area contributed by atoms with Gasteiger partial charge in [0.15, 0.2) is 0 Å². The Balaban J connectivity index is 1.58. The number of aromatic nitrogens is 1. The first-order valence-corrected chi connectivity index (χ1v) is 8.59. The Morgan fingerprint density at radius 1 is 1.40 bits per heavy atom. The highest BCUT2D eigenvalue weighted by Gasteiger charge is 2.36. The first-order chi connectivity index (χ1) is 12.0. The summed E-state index contributed by atoms with van der Waals surface area (Å²) in [5, 5.41) is 15.9. The fraction of sp³-hybridized carbons (Fsp3) is 0.421. The van der Waals surface area contributed by atoms with Gasteiger partial charge in [0, 0.05) is 10.9 Å². The molecule has 0 unspecified atom stereocenters. The second-order valence-electron chi connectivity index (χ2n) is 6.90. The van der Waals surface area contributed by atoms with Crippen molar-refractivity contribution in [2.75, 3.05) is 6.54 Å². The lowest BCUT2D eigenvalue weighted by molar-refractivity contribution is -0.121. The lowest BCUT2D eigenvalue weighted by Crippen LogP contribution is -2.52. The summed E-state index contributed by atoms with van der Waals surface area (Å²) in [6, 6.07) is 11.6. The van der Waals surface area contributed by atoms with E-state index in [9.17, 15) is 14.9 Å². The summed E-state index contributed by atoms with van der Waals surface area (Å²) < 4.78 is 0. The maximum atomic E-state index is 12.2. The molecule has 1 aromatic heterocycles. The number of nitrogens with zero attached hydrogens (tertiary/aromatic N) is 1. The number of H-pyrrole nitrogens is 1. The van der Waals surface area contributed by atoms with Gasteiger partial charge in [-0.25, -0.2) is 0 Å². The van der Waals surface area contributed by atoms with Gasteiger partial charge < -0.3 is 15.6 Å². The molecule has 6 nitrogen and oxygen atoms in total. The third kappa shape index (κ3) is 3.82. The summed E-state index contributed by atoms with van der Waals surface area (Å²) >= 11 is 0. The quantitative estimate of drug-likeness (QED) is 0.799. The topological polar surface area (TPSA) is 97.8 Å². The second kappa shape index (κ2) is 6.98. The van der Waals surface area contributed by atoms with E-state index in [4.69, 9.17) is 0 Å². The van der Waals surface area contributed by atoms with Crippen molar-refractivity contribution < 1.29 is 9.59 Å². The fourth-order valence-electron chi connectivity index (χ4n) is 3.56. The lowest BCUT2D eigenvalue weighted by atomic mass is 9.77. The molecule has 1 saturated carbocycles. The van der Waals surface area contributed by atoms with E-state index in [0.717, 1.165) is 23.7 Å². The van der Waals surface area contributed by atoms with Crippen LogP contribution in [-0.2, 0) is 4.79 Å². The molecule has 0 radical (unpaired) electrons. The first kappa shape index (κ1) is 17.0. The maximum Gasteiger partial charge on any atom is 0.268 e. The average Bonchev–Trinajstić information content (AvgIpc) is 3.04. The third-order valence-electron chi connectivity index (χ3n) is 4.77. The van der Waals surface area contributed by atoms with Crippen molar-refractivity contribution in [3.8, 4) is 6.07 Å². The zero-order chi connectivity index (χ0) is 17.9. The molecule has 2 atom stereocenters. The van der Waals surface area contributed by atoms with Gasteiger partial charge in [0.1, 0.15) is 11.2 Å². The Labute approximate surface area is 146 Å². The van der Waals surface area contributed by atoms with Crippen LogP contribution in [0.15, 0.2) is 30.3 Å². The molecule has 130 valence electrons. The Bertz CT molecular complexity index is 802. The summed E-state index contributed by atoms with van der Waals surface area (Å²) in [5.41, 5.74) is 0.479. The van der Waals surface area contributed by atoms with Crippen molar-refractivity contribution in [3.05, 3.63) is 36.0 Å². The van der Waals surface area contributed by atoms with Crippen molar-refractivity contribution in [2.24, 2.45) is 5.92 Å². The zero-order valence-corrected chi connectivity index (χ0v) is 14.3. The summed E-state index contributed by atoms with van der Waals surface area (Å²) in [5.74, 6) is -0.260. The molecule has 2 aromatic rings. The number of aromatic amines is 1. The number of rotatable bonds is 4. The number of amides is 2. The molecule has 1 aliphatic carbocycles. The van der Waals surface area contributed by atoms with E-state index in [-0.39, 0.29) is 18.4 Å². The van der Waals surface area contributed by atoms with E-state index in [0.29, 0.717) is 24.5 Å². The zero-order valence-electron chi connectivity index (χ0n) is 14.3. The van der Waals surface area contributed by atoms with Crippen molar-refractivity contribution in [3.63, 3.8) is 0 Å². The number of fused-ring (bicyclic) bond motifs is 1. The van der Waals surface area contributed by atoms with Gasteiger partial charge in [0.25, 0.3) is 5.91 Å². The van der Waals surface area contributed by atoms with Gasteiger partial charge in [-0.1, -0.05) is 31.5 Å². The van der Waals surface area contributed by atoms with Gasteiger partial charge in [0.2, 0.25) is 5.91 Å². The van der Waals surface area contributed by atoms with Crippen LogP contribution in [0.1, 0.15) is 43.1 Å². The number of benzene rings is 1. The van der Waals surface area contributed by atoms with Crippen molar-refractivity contribution in [1.29, 1.82) is 5.26 Å². The summed E-state index contributed by atoms with van der Waals surface area (Å²) in [4.78, 5) is 27.5. The molecule has 2 amide bonds. The maximum absolute atomic E-state index is 12.2. The number of nitriles is 1. The monoisotopic (exact) mass is 338 g/mol. The molecule has 3 N–H and O–H groups in total. The minimum Gasteiger partial charge on any atom is -0.351 e. The minimum atomic E-state index is -0.805. The smallest absolute Gasteiger partial charge is 0.268 e. The number of carbonyl (C=O) groups is 2. The molecule has 0 saturated heterocycles. The highest BCUT2D eigenvalue weighted by atomic mass is 16.2. The number of hydrogen-bond acceptors (Lipinski definition) is 3. The van der Waals surface area contributed by atoms with E-state index in [1.54, 1.807) is 6.07 Å². The molecule has 1 fully saturated rings. The third-order valence-corrected chi connectivity index (χ3v) is 4.77. The van der Waals surface area contributed by atoms with Crippen LogP contribution in [0, 0.1) is 17.2 Å². The lowest BCUT2D eigenvalue weighted by Gasteiger charge is -2.35. The Morgan fingerprint density at radius 3 is 2.92 bits per heavy atom. The van der Waals surface area contributed by atoms with Crippen molar-refractivity contribution >= 4 is 22.7 Å². The molecule has 0 aliphatic heterocycles. The molecule has 0 bridgehead atoms. The van der Waals surface area contributed by atoms with Crippen LogP contribution in [0.5, 0.6) is 0 Å². The molecule has 0 spiro atoms. The highest BCUT2D eigenvalue weighted by Crippen LogP contribution is 2.31. The molecule has 1 aliphatic rings. The largest absolute Gasteiger partial charge is 0.351 e. The van der Waals surface area contributed by atoms with Gasteiger partial charge >= 0.3 is 0 Å². The van der Waals surface area contributed by atoms with Crippen LogP contribution in [-0.4, -0.2) is 28.9 Å². The van der Waals surface area contributed by atoms with Crippen LogP contribution < -0.4 is 10.6 Å². The van der Waals surface area contributed by atoms with E-state index < -0.39 is 5.54 Å². The SMILES string of the molecule is C[C@@H]1CCC[C@](C#N)(NC(=O)CNC(=O)c2cc3ccccc3[nH]2)C1. The van der Waals surface area contributed by atoms with Crippen LogP contribution in [0.2, 0.25) is 0 Å². The number of hydrogen-bond donors (Lipinski definition) is 3. The number of para-hydroxylation sites is 1. The second-order valence-corrected chi connectivity index (χ2v) is 6.90.